The third-order valence-electron chi connectivity index (χ3n) is 2.90. The number of nitrogens with one attached hydrogen (secondary N) is 1. The maximum absolute atomic E-state index is 11.0. The first-order chi connectivity index (χ1) is 8.56. The molecule has 5 nitrogen and oxygen atoms in total. The molecule has 1 aliphatic rings. The first-order valence-electron chi connectivity index (χ1n) is 5.76. The van der Waals surface area contributed by atoms with Gasteiger partial charge in [-0.25, -0.2) is 4.98 Å². The van der Waals surface area contributed by atoms with Crippen LogP contribution in [-0.2, 0) is 4.79 Å². The van der Waals surface area contributed by atoms with Gasteiger partial charge < -0.3 is 10.2 Å². The Labute approximate surface area is 119 Å². The van der Waals surface area contributed by atoms with Gasteiger partial charge in [-0.2, -0.15) is 4.98 Å². The topological polar surface area (TPSA) is 58.1 Å². The lowest BCUT2D eigenvalue weighted by molar-refractivity contribution is -0.119. The van der Waals surface area contributed by atoms with Gasteiger partial charge >= 0.3 is 0 Å². The Morgan fingerprint density at radius 1 is 1.56 bits per heavy atom. The summed E-state index contributed by atoms with van der Waals surface area (Å²) < 4.78 is 0.838. The number of halogens is 2. The van der Waals surface area contributed by atoms with Gasteiger partial charge in [-0.3, -0.25) is 4.79 Å². The molecule has 1 aromatic rings. The van der Waals surface area contributed by atoms with Crippen molar-refractivity contribution in [2.24, 2.45) is 0 Å². The van der Waals surface area contributed by atoms with E-state index in [4.69, 9.17) is 11.6 Å². The fraction of sp³-hybridized carbons (Fsp3) is 0.545. The average Bonchev–Trinajstić information content (AvgIpc) is 2.33. The molecule has 0 aliphatic carbocycles. The molecule has 1 amide bonds. The predicted molar refractivity (Wildman–Crippen MR) is 73.8 cm³/mol. The third kappa shape index (κ3) is 3.32. The van der Waals surface area contributed by atoms with Gasteiger partial charge in [0.1, 0.15) is 5.82 Å². The predicted octanol–water partition coefficient (Wildman–Crippen LogP) is 2.00. The van der Waals surface area contributed by atoms with Crippen LogP contribution in [0.15, 0.2) is 10.7 Å². The SMILES string of the molecule is CC(=O)NC1CCN(c2nc(Cl)ncc2Br)CC1. The largest absolute Gasteiger partial charge is 0.355 e. The second-order valence-corrected chi connectivity index (χ2v) is 5.46. The minimum atomic E-state index is 0.0275. The van der Waals surface area contributed by atoms with Crippen molar-refractivity contribution in [1.29, 1.82) is 0 Å². The van der Waals surface area contributed by atoms with E-state index in [1.54, 1.807) is 13.1 Å². The summed E-state index contributed by atoms with van der Waals surface area (Å²) in [4.78, 5) is 21.3. The summed E-state index contributed by atoms with van der Waals surface area (Å²) in [5.74, 6) is 0.844. The van der Waals surface area contributed by atoms with Crippen LogP contribution in [0.4, 0.5) is 5.82 Å². The molecule has 1 aromatic heterocycles. The number of anilines is 1. The molecule has 1 fully saturated rings. The van der Waals surface area contributed by atoms with Crippen molar-refractivity contribution in [2.45, 2.75) is 25.8 Å². The van der Waals surface area contributed by atoms with Crippen molar-refractivity contribution in [3.8, 4) is 0 Å². The zero-order chi connectivity index (χ0) is 13.1. The van der Waals surface area contributed by atoms with Crippen LogP contribution in [0.25, 0.3) is 0 Å². The first kappa shape index (κ1) is 13.5. The minimum absolute atomic E-state index is 0.0275. The number of amides is 1. The zero-order valence-corrected chi connectivity index (χ0v) is 12.3. The second-order valence-electron chi connectivity index (χ2n) is 4.27. The molecule has 0 radical (unpaired) electrons. The molecule has 0 aromatic carbocycles. The third-order valence-corrected chi connectivity index (χ3v) is 3.64. The fourth-order valence-corrected chi connectivity index (χ4v) is 2.65. The van der Waals surface area contributed by atoms with E-state index in [2.05, 4.69) is 36.1 Å². The smallest absolute Gasteiger partial charge is 0.224 e. The standard InChI is InChI=1S/C11H14BrClN4O/c1-7(18)15-8-2-4-17(5-3-8)10-9(12)6-14-11(13)16-10/h6,8H,2-5H2,1H3,(H,15,18). The lowest BCUT2D eigenvalue weighted by Crippen LogP contribution is -2.44. The van der Waals surface area contributed by atoms with E-state index >= 15 is 0 Å². The highest BCUT2D eigenvalue weighted by molar-refractivity contribution is 9.10. The zero-order valence-electron chi connectivity index (χ0n) is 9.99. The highest BCUT2D eigenvalue weighted by Crippen LogP contribution is 2.26. The van der Waals surface area contributed by atoms with Crippen molar-refractivity contribution in [3.05, 3.63) is 16.0 Å². The molecular formula is C11H14BrClN4O. The molecule has 0 bridgehead atoms. The molecule has 0 atom stereocenters. The monoisotopic (exact) mass is 332 g/mol. The van der Waals surface area contributed by atoms with Crippen molar-refractivity contribution < 1.29 is 4.79 Å². The van der Waals surface area contributed by atoms with E-state index in [9.17, 15) is 4.79 Å². The number of hydrogen-bond acceptors (Lipinski definition) is 4. The lowest BCUT2D eigenvalue weighted by atomic mass is 10.1. The molecular weight excluding hydrogens is 320 g/mol. The summed E-state index contributed by atoms with van der Waals surface area (Å²) in [5, 5.41) is 3.19. The summed E-state index contributed by atoms with van der Waals surface area (Å²) in [5.41, 5.74) is 0. The van der Waals surface area contributed by atoms with Crippen LogP contribution in [0, 0.1) is 0 Å². The molecule has 0 spiro atoms. The molecule has 0 saturated carbocycles. The van der Waals surface area contributed by atoms with Crippen LogP contribution in [-0.4, -0.2) is 35.0 Å². The summed E-state index contributed by atoms with van der Waals surface area (Å²) in [6.45, 7) is 3.24. The number of rotatable bonds is 2. The van der Waals surface area contributed by atoms with E-state index in [-0.39, 0.29) is 17.2 Å². The lowest BCUT2D eigenvalue weighted by Gasteiger charge is -2.33. The Hall–Kier alpha value is -0.880. The second kappa shape index (κ2) is 5.84. The summed E-state index contributed by atoms with van der Waals surface area (Å²) in [6.07, 6.45) is 3.48. The van der Waals surface area contributed by atoms with E-state index in [1.807, 2.05) is 0 Å². The Bertz CT molecular complexity index is 449. The Kier molecular flexibility index (Phi) is 4.40. The number of hydrogen-bond donors (Lipinski definition) is 1. The number of carbonyl (C=O) groups is 1. The number of aromatic nitrogens is 2. The normalized spacial score (nSPS) is 16.7. The van der Waals surface area contributed by atoms with Crippen LogP contribution in [0.3, 0.4) is 0 Å². The first-order valence-corrected chi connectivity index (χ1v) is 6.93. The number of nitrogens with zero attached hydrogens (tertiary/aromatic N) is 3. The maximum atomic E-state index is 11.0. The van der Waals surface area contributed by atoms with Crippen molar-refractivity contribution >= 4 is 39.3 Å². The Morgan fingerprint density at radius 3 is 2.83 bits per heavy atom. The van der Waals surface area contributed by atoms with E-state index in [0.717, 1.165) is 36.2 Å². The van der Waals surface area contributed by atoms with Gasteiger partial charge in [-0.05, 0) is 40.4 Å². The molecule has 1 saturated heterocycles. The van der Waals surface area contributed by atoms with Crippen molar-refractivity contribution in [2.75, 3.05) is 18.0 Å². The summed E-state index contributed by atoms with van der Waals surface area (Å²) >= 11 is 9.23. The highest BCUT2D eigenvalue weighted by atomic mass is 79.9. The molecule has 0 unspecified atom stereocenters. The van der Waals surface area contributed by atoms with Crippen LogP contribution in [0.5, 0.6) is 0 Å². The molecule has 1 N–H and O–H groups in total. The Morgan fingerprint density at radius 2 is 2.22 bits per heavy atom. The van der Waals surface area contributed by atoms with Gasteiger partial charge in [0.25, 0.3) is 0 Å². The average molecular weight is 334 g/mol. The number of piperidine rings is 1. The van der Waals surface area contributed by atoms with Gasteiger partial charge in [-0.15, -0.1) is 0 Å². The maximum Gasteiger partial charge on any atom is 0.224 e. The van der Waals surface area contributed by atoms with Gasteiger partial charge in [0, 0.05) is 32.3 Å². The molecule has 2 rings (SSSR count). The molecule has 2 heterocycles. The molecule has 7 heteroatoms. The van der Waals surface area contributed by atoms with Crippen LogP contribution in [0.2, 0.25) is 5.28 Å². The van der Waals surface area contributed by atoms with Gasteiger partial charge in [0.15, 0.2) is 0 Å². The minimum Gasteiger partial charge on any atom is -0.355 e. The van der Waals surface area contributed by atoms with E-state index in [0.29, 0.717) is 0 Å². The Balaban J connectivity index is 2.01. The molecule has 1 aliphatic heterocycles. The van der Waals surface area contributed by atoms with Crippen molar-refractivity contribution in [1.82, 2.24) is 15.3 Å². The van der Waals surface area contributed by atoms with Crippen molar-refractivity contribution in [3.63, 3.8) is 0 Å². The van der Waals surface area contributed by atoms with Crippen LogP contribution >= 0.6 is 27.5 Å². The van der Waals surface area contributed by atoms with Gasteiger partial charge in [0.05, 0.1) is 4.47 Å². The quantitative estimate of drug-likeness (QED) is 0.841. The summed E-state index contributed by atoms with van der Waals surface area (Å²) in [7, 11) is 0. The molecule has 98 valence electrons. The fourth-order valence-electron chi connectivity index (χ4n) is 2.08. The van der Waals surface area contributed by atoms with E-state index in [1.165, 1.54) is 0 Å². The van der Waals surface area contributed by atoms with E-state index < -0.39 is 0 Å². The van der Waals surface area contributed by atoms with Gasteiger partial charge in [-0.1, -0.05) is 0 Å². The van der Waals surface area contributed by atoms with Crippen LogP contribution < -0.4 is 10.2 Å². The number of carbonyl (C=O) groups excluding carboxylic acids is 1. The van der Waals surface area contributed by atoms with Gasteiger partial charge in [0.2, 0.25) is 11.2 Å². The van der Waals surface area contributed by atoms with Crippen LogP contribution in [0.1, 0.15) is 19.8 Å². The summed E-state index contributed by atoms with van der Waals surface area (Å²) in [6, 6.07) is 0.259. The molecule has 18 heavy (non-hydrogen) atoms. The highest BCUT2D eigenvalue weighted by Gasteiger charge is 2.22.